The fourth-order valence-electron chi connectivity index (χ4n) is 4.14. The molecule has 198 valence electrons. The molecule has 0 radical (unpaired) electrons. The van der Waals surface area contributed by atoms with Gasteiger partial charge >= 0.3 is 0 Å². The Kier molecular flexibility index (Phi) is 8.02. The third-order valence-corrected chi connectivity index (χ3v) is 9.81. The lowest BCUT2D eigenvalue weighted by atomic mass is 10.1. The van der Waals surface area contributed by atoms with Crippen LogP contribution in [0, 0.1) is 0 Å². The number of sulfone groups is 2. The number of hydrogen-bond acceptors (Lipinski definition) is 8. The number of hydrogen-bond donors (Lipinski definition) is 1. The summed E-state index contributed by atoms with van der Waals surface area (Å²) < 4.78 is 55.5. The second-order valence-electron chi connectivity index (χ2n) is 8.53. The van der Waals surface area contributed by atoms with Gasteiger partial charge in [0, 0.05) is 31.0 Å². The van der Waals surface area contributed by atoms with Crippen LogP contribution in [0.15, 0.2) is 82.3 Å². The van der Waals surface area contributed by atoms with Crippen molar-refractivity contribution in [3.05, 3.63) is 78.6 Å². The van der Waals surface area contributed by atoms with Gasteiger partial charge in [0.1, 0.15) is 15.5 Å². The molecule has 0 unspecified atom stereocenters. The van der Waals surface area contributed by atoms with E-state index in [4.69, 9.17) is 0 Å². The lowest BCUT2D eigenvalue weighted by Gasteiger charge is -2.08. The van der Waals surface area contributed by atoms with E-state index in [0.29, 0.717) is 11.1 Å². The fraction of sp³-hybridized carbons (Fsp3) is 0.231. The van der Waals surface area contributed by atoms with E-state index in [1.807, 2.05) is 0 Å². The molecule has 0 fully saturated rings. The minimum atomic E-state index is -4.17. The average Bonchev–Trinajstić information content (AvgIpc) is 3.26. The normalized spacial score (nSPS) is 12.3. The van der Waals surface area contributed by atoms with Crippen LogP contribution in [0.5, 0.6) is 0 Å². The maximum atomic E-state index is 13.5. The van der Waals surface area contributed by atoms with Crippen molar-refractivity contribution < 1.29 is 21.6 Å². The van der Waals surface area contributed by atoms with Crippen molar-refractivity contribution in [2.75, 3.05) is 11.5 Å². The van der Waals surface area contributed by atoms with E-state index in [1.54, 1.807) is 75.0 Å². The predicted molar refractivity (Wildman–Crippen MR) is 145 cm³/mol. The maximum Gasteiger partial charge on any atom is 0.289 e. The number of amides is 1. The lowest BCUT2D eigenvalue weighted by Crippen LogP contribution is -2.23. The van der Waals surface area contributed by atoms with Gasteiger partial charge in [-0.15, -0.1) is 0 Å². The third-order valence-electron chi connectivity index (χ3n) is 5.73. The molecule has 0 aliphatic rings. The Bertz CT molecular complexity index is 1700. The Morgan fingerprint density at radius 3 is 2.05 bits per heavy atom. The Balaban J connectivity index is 1.99. The maximum absolute atomic E-state index is 13.5. The zero-order valence-electron chi connectivity index (χ0n) is 20.9. The molecule has 0 aliphatic heterocycles. The lowest BCUT2D eigenvalue weighted by molar-refractivity contribution is 0.0945. The van der Waals surface area contributed by atoms with Gasteiger partial charge in [0.15, 0.2) is 19.7 Å². The zero-order chi connectivity index (χ0) is 27.3. The van der Waals surface area contributed by atoms with Crippen molar-refractivity contribution >= 4 is 37.3 Å². The molecule has 4 aromatic rings. The average molecular weight is 554 g/mol. The van der Waals surface area contributed by atoms with Crippen molar-refractivity contribution in [2.24, 2.45) is 5.10 Å². The molecule has 1 N–H and O–H groups in total. The summed E-state index contributed by atoms with van der Waals surface area (Å²) in [4.78, 5) is 20.5. The van der Waals surface area contributed by atoms with Gasteiger partial charge in [-0.05, 0) is 65.9 Å². The highest BCUT2D eigenvalue weighted by Crippen LogP contribution is 2.36. The van der Waals surface area contributed by atoms with E-state index in [0.717, 1.165) is 5.56 Å². The van der Waals surface area contributed by atoms with Gasteiger partial charge in [0.2, 0.25) is 0 Å². The summed E-state index contributed by atoms with van der Waals surface area (Å²) in [5.74, 6) is -1.45. The molecule has 0 aromatic carbocycles. The smallest absolute Gasteiger partial charge is 0.289 e. The van der Waals surface area contributed by atoms with Crippen molar-refractivity contribution in [1.82, 2.24) is 19.8 Å². The highest BCUT2D eigenvalue weighted by Gasteiger charge is 2.37. The van der Waals surface area contributed by atoms with E-state index < -0.39 is 30.5 Å². The van der Waals surface area contributed by atoms with Crippen molar-refractivity contribution in [3.63, 3.8) is 0 Å². The number of aromatic nitrogens is 3. The van der Waals surface area contributed by atoms with E-state index >= 15 is 0 Å². The molecule has 0 saturated heterocycles. The largest absolute Gasteiger partial charge is 0.310 e. The minimum absolute atomic E-state index is 0.103. The highest BCUT2D eigenvalue weighted by atomic mass is 32.2. The quantitative estimate of drug-likeness (QED) is 0.234. The van der Waals surface area contributed by atoms with Gasteiger partial charge in [-0.1, -0.05) is 13.8 Å². The van der Waals surface area contributed by atoms with Crippen LogP contribution in [-0.4, -0.2) is 54.8 Å². The van der Waals surface area contributed by atoms with Crippen LogP contribution in [-0.2, 0) is 19.7 Å². The second-order valence-corrected chi connectivity index (χ2v) is 12.6. The van der Waals surface area contributed by atoms with Gasteiger partial charge < -0.3 is 4.40 Å². The summed E-state index contributed by atoms with van der Waals surface area (Å²) in [5, 5.41) is 3.95. The first kappa shape index (κ1) is 27.1. The Morgan fingerprint density at radius 1 is 0.868 bits per heavy atom. The predicted octanol–water partition coefficient (Wildman–Crippen LogP) is 3.53. The van der Waals surface area contributed by atoms with Crippen LogP contribution < -0.4 is 5.43 Å². The molecule has 0 aliphatic carbocycles. The molecule has 10 nitrogen and oxygen atoms in total. The number of rotatable bonds is 10. The molecular weight excluding hydrogens is 526 g/mol. The van der Waals surface area contributed by atoms with E-state index in [-0.39, 0.29) is 40.5 Å². The number of carbonyl (C=O) groups excluding carboxylic acids is 1. The fourth-order valence-corrected chi connectivity index (χ4v) is 8.11. The van der Waals surface area contributed by atoms with Crippen LogP contribution in [0.1, 0.15) is 42.7 Å². The van der Waals surface area contributed by atoms with Crippen LogP contribution in [0.2, 0.25) is 0 Å². The molecule has 0 atom stereocenters. The zero-order valence-corrected chi connectivity index (χ0v) is 22.5. The standard InChI is InChI=1S/C26H27N5O5S2/c1-3-15-37(33,34)24-22-17-21(20-7-12-28-13-8-20)9-14-31(22)23(25(24)38(35,36)16-4-2)26(32)30-29-18-19-5-10-27-11-6-19/h5-14,17-18H,3-4,15-16H2,1-2H3,(H,30,32)/b29-18+. The number of carbonyl (C=O) groups is 1. The second kappa shape index (κ2) is 11.2. The molecular formula is C26H27N5O5S2. The molecule has 12 heteroatoms. The molecule has 4 rings (SSSR count). The monoisotopic (exact) mass is 553 g/mol. The van der Waals surface area contributed by atoms with Crippen molar-refractivity contribution in [1.29, 1.82) is 0 Å². The van der Waals surface area contributed by atoms with E-state index in [9.17, 15) is 21.6 Å². The molecule has 0 saturated carbocycles. The molecule has 0 spiro atoms. The van der Waals surface area contributed by atoms with Gasteiger partial charge in [-0.3, -0.25) is 14.8 Å². The minimum Gasteiger partial charge on any atom is -0.310 e. The van der Waals surface area contributed by atoms with Crippen LogP contribution >= 0.6 is 0 Å². The van der Waals surface area contributed by atoms with Gasteiger partial charge in [-0.25, -0.2) is 22.3 Å². The number of nitrogens with zero attached hydrogens (tertiary/aromatic N) is 4. The first-order chi connectivity index (χ1) is 18.2. The molecule has 1 amide bonds. The van der Waals surface area contributed by atoms with Gasteiger partial charge in [0.25, 0.3) is 5.91 Å². The van der Waals surface area contributed by atoms with Crippen LogP contribution in [0.25, 0.3) is 16.6 Å². The first-order valence-corrected chi connectivity index (χ1v) is 15.3. The molecule has 4 heterocycles. The molecule has 0 bridgehead atoms. The SMILES string of the molecule is CCCS(=O)(=O)c1c(S(=O)(=O)CCC)c2cc(-c3ccncc3)ccn2c1C(=O)N/N=C/c1ccncc1. The summed E-state index contributed by atoms with van der Waals surface area (Å²) in [7, 11) is -8.25. The van der Waals surface area contributed by atoms with E-state index in [2.05, 4.69) is 20.5 Å². The highest BCUT2D eigenvalue weighted by molar-refractivity contribution is 7.94. The van der Waals surface area contributed by atoms with Crippen LogP contribution in [0.3, 0.4) is 0 Å². The van der Waals surface area contributed by atoms with Crippen molar-refractivity contribution in [3.8, 4) is 11.1 Å². The summed E-state index contributed by atoms with van der Waals surface area (Å²) in [6, 6.07) is 10.1. The summed E-state index contributed by atoms with van der Waals surface area (Å²) in [5.41, 5.74) is 4.22. The van der Waals surface area contributed by atoms with E-state index in [1.165, 1.54) is 16.8 Å². The number of nitrogens with one attached hydrogen (secondary N) is 1. The topological polar surface area (TPSA) is 140 Å². The molecule has 38 heavy (non-hydrogen) atoms. The van der Waals surface area contributed by atoms with Crippen LogP contribution in [0.4, 0.5) is 0 Å². The summed E-state index contributed by atoms with van der Waals surface area (Å²) in [6.45, 7) is 3.37. The summed E-state index contributed by atoms with van der Waals surface area (Å²) in [6.07, 6.45) is 9.72. The Hall–Kier alpha value is -3.90. The third kappa shape index (κ3) is 5.50. The first-order valence-electron chi connectivity index (χ1n) is 12.0. The van der Waals surface area contributed by atoms with Gasteiger partial charge in [-0.2, -0.15) is 5.10 Å². The number of pyridine rings is 3. The Labute approximate surface area is 221 Å². The Morgan fingerprint density at radius 2 is 1.45 bits per heavy atom. The number of hydrazone groups is 1. The number of fused-ring (bicyclic) bond motifs is 1. The van der Waals surface area contributed by atoms with Gasteiger partial charge in [0.05, 0.1) is 23.2 Å². The molecule has 4 aromatic heterocycles. The van der Waals surface area contributed by atoms with Crippen molar-refractivity contribution in [2.45, 2.75) is 36.5 Å². The summed E-state index contributed by atoms with van der Waals surface area (Å²) >= 11 is 0.